The lowest BCUT2D eigenvalue weighted by Crippen LogP contribution is -2.12. The zero-order valence-electron chi connectivity index (χ0n) is 29.3. The molecule has 8 aromatic carbocycles. The van der Waals surface area contributed by atoms with Crippen LogP contribution < -0.4 is 4.90 Å². The summed E-state index contributed by atoms with van der Waals surface area (Å²) in [5, 5.41) is 6.47. The Labute approximate surface area is 313 Å². The van der Waals surface area contributed by atoms with E-state index in [1.807, 2.05) is 48.5 Å². The Hall–Kier alpha value is -7.57. The number of rotatable bonds is 5. The maximum absolute atomic E-state index is 6.72. The lowest BCUT2D eigenvalue weighted by atomic mass is 10.1. The number of para-hydroxylation sites is 5. The van der Waals surface area contributed by atoms with Crippen molar-refractivity contribution in [1.82, 2.24) is 9.55 Å². The maximum atomic E-state index is 6.72. The summed E-state index contributed by atoms with van der Waals surface area (Å²) >= 11 is 0. The molecule has 258 valence electrons. The number of aromatic nitrogens is 2. The predicted octanol–water partition coefficient (Wildman–Crippen LogP) is 13.9. The van der Waals surface area contributed by atoms with Gasteiger partial charge in [0.2, 0.25) is 5.89 Å². The van der Waals surface area contributed by atoms with Crippen molar-refractivity contribution in [1.29, 1.82) is 0 Å². The summed E-state index contributed by atoms with van der Waals surface area (Å²) in [6, 6.07) is 60.9. The van der Waals surface area contributed by atoms with Gasteiger partial charge in [-0.2, -0.15) is 0 Å². The molecule has 0 N–H and O–H groups in total. The fourth-order valence-electron chi connectivity index (χ4n) is 8.37. The second kappa shape index (κ2) is 11.5. The Bertz CT molecular complexity index is 3440. The van der Waals surface area contributed by atoms with Gasteiger partial charge in [0.25, 0.3) is 0 Å². The van der Waals surface area contributed by atoms with E-state index >= 15 is 0 Å². The van der Waals surface area contributed by atoms with Gasteiger partial charge in [0.1, 0.15) is 22.3 Å². The van der Waals surface area contributed by atoms with Crippen LogP contribution in [-0.4, -0.2) is 9.55 Å². The van der Waals surface area contributed by atoms with Gasteiger partial charge in [-0.05, 0) is 66.7 Å². The van der Waals surface area contributed by atoms with Crippen LogP contribution in [0.2, 0.25) is 0 Å². The SMILES string of the molecule is c1ccc(-c2nc3cc4c(cc3o2)oc2cc(N(c3cccc5c3oc3ccccc35)c3cccc5c6ccccc6n(-c6ccccc6)c35)ccc24)cc1. The van der Waals surface area contributed by atoms with Crippen molar-refractivity contribution in [3.05, 3.63) is 176 Å². The first-order valence-electron chi connectivity index (χ1n) is 18.4. The zero-order chi connectivity index (χ0) is 36.0. The van der Waals surface area contributed by atoms with Crippen LogP contribution in [0.1, 0.15) is 0 Å². The highest BCUT2D eigenvalue weighted by Crippen LogP contribution is 2.47. The first-order chi connectivity index (χ1) is 27.3. The van der Waals surface area contributed by atoms with E-state index in [1.165, 1.54) is 5.39 Å². The molecule has 0 saturated heterocycles. The molecule has 0 amide bonds. The van der Waals surface area contributed by atoms with E-state index in [2.05, 4.69) is 137 Å². The van der Waals surface area contributed by atoms with Crippen LogP contribution in [0.15, 0.2) is 189 Å². The molecule has 12 rings (SSSR count). The number of oxazole rings is 1. The van der Waals surface area contributed by atoms with Gasteiger partial charge in [0, 0.05) is 55.7 Å². The molecule has 0 atom stereocenters. The van der Waals surface area contributed by atoms with E-state index < -0.39 is 0 Å². The number of fused-ring (bicyclic) bond motifs is 10. The highest BCUT2D eigenvalue weighted by Gasteiger charge is 2.25. The van der Waals surface area contributed by atoms with Crippen LogP contribution in [0.25, 0.3) is 93.9 Å². The van der Waals surface area contributed by atoms with E-state index in [-0.39, 0.29) is 0 Å². The first-order valence-corrected chi connectivity index (χ1v) is 18.4. The topological polar surface area (TPSA) is 60.5 Å². The molecule has 12 aromatic rings. The third-order valence-electron chi connectivity index (χ3n) is 10.8. The van der Waals surface area contributed by atoms with Crippen LogP contribution in [0.4, 0.5) is 17.1 Å². The second-order valence-corrected chi connectivity index (χ2v) is 13.9. The van der Waals surface area contributed by atoms with E-state index in [9.17, 15) is 0 Å². The predicted molar refractivity (Wildman–Crippen MR) is 223 cm³/mol. The number of anilines is 3. The summed E-state index contributed by atoms with van der Waals surface area (Å²) in [7, 11) is 0. The molecule has 4 aromatic heterocycles. The normalized spacial score (nSPS) is 12.0. The summed E-state index contributed by atoms with van der Waals surface area (Å²) in [6.45, 7) is 0. The summed E-state index contributed by atoms with van der Waals surface area (Å²) in [5.41, 5.74) is 11.8. The van der Waals surface area contributed by atoms with Crippen molar-refractivity contribution in [3.63, 3.8) is 0 Å². The Morgan fingerprint density at radius 2 is 1.13 bits per heavy atom. The van der Waals surface area contributed by atoms with Gasteiger partial charge in [-0.3, -0.25) is 0 Å². The standard InChI is InChI=1S/C49H29N3O3/c1-3-13-30(14-4-1)49-50-39-28-38-35-26-25-32(27-44(35)53-45(38)29-46(39)55-49)51(42-23-12-20-37-34-18-8-10-24-43(34)54-48(37)42)41-22-11-19-36-33-17-7-9-21-40(33)52(47(36)41)31-15-5-2-6-16-31/h1-29H. The van der Waals surface area contributed by atoms with Gasteiger partial charge >= 0.3 is 0 Å². The minimum atomic E-state index is 0.590. The lowest BCUT2D eigenvalue weighted by molar-refractivity contribution is 0.617. The van der Waals surface area contributed by atoms with Crippen LogP contribution in [0.5, 0.6) is 0 Å². The molecule has 0 aliphatic rings. The molecular formula is C49H29N3O3. The van der Waals surface area contributed by atoms with Crippen LogP contribution in [0.3, 0.4) is 0 Å². The molecule has 0 unspecified atom stereocenters. The van der Waals surface area contributed by atoms with Gasteiger partial charge in [-0.1, -0.05) is 97.1 Å². The third kappa shape index (κ3) is 4.46. The Morgan fingerprint density at radius 1 is 0.436 bits per heavy atom. The average molecular weight is 708 g/mol. The number of benzene rings is 8. The van der Waals surface area contributed by atoms with Crippen molar-refractivity contribution in [2.24, 2.45) is 0 Å². The molecule has 6 heteroatoms. The molecule has 55 heavy (non-hydrogen) atoms. The largest absolute Gasteiger partial charge is 0.456 e. The number of nitrogens with zero attached hydrogens (tertiary/aromatic N) is 3. The molecule has 6 nitrogen and oxygen atoms in total. The van der Waals surface area contributed by atoms with Crippen molar-refractivity contribution in [2.45, 2.75) is 0 Å². The molecule has 0 aliphatic heterocycles. The molecule has 0 bridgehead atoms. The van der Waals surface area contributed by atoms with Crippen molar-refractivity contribution in [3.8, 4) is 17.1 Å². The molecule has 0 radical (unpaired) electrons. The van der Waals surface area contributed by atoms with Crippen molar-refractivity contribution >= 4 is 93.8 Å². The van der Waals surface area contributed by atoms with Crippen LogP contribution in [-0.2, 0) is 0 Å². The van der Waals surface area contributed by atoms with Gasteiger partial charge in [0.15, 0.2) is 11.2 Å². The third-order valence-corrected chi connectivity index (χ3v) is 10.8. The number of hydrogen-bond donors (Lipinski definition) is 0. The molecule has 0 spiro atoms. The van der Waals surface area contributed by atoms with Gasteiger partial charge in [0.05, 0.1) is 28.1 Å². The first kappa shape index (κ1) is 29.9. The highest BCUT2D eigenvalue weighted by molar-refractivity contribution is 6.17. The molecule has 0 aliphatic carbocycles. The average Bonchev–Trinajstić information content (AvgIpc) is 4.01. The summed E-state index contributed by atoms with van der Waals surface area (Å²) in [4.78, 5) is 7.16. The van der Waals surface area contributed by atoms with Crippen LogP contribution in [0, 0.1) is 0 Å². The van der Waals surface area contributed by atoms with Gasteiger partial charge < -0.3 is 22.7 Å². The van der Waals surface area contributed by atoms with Crippen molar-refractivity contribution < 1.29 is 13.3 Å². The smallest absolute Gasteiger partial charge is 0.227 e. The Kier molecular flexibility index (Phi) is 6.24. The van der Waals surface area contributed by atoms with Crippen molar-refractivity contribution in [2.75, 3.05) is 4.90 Å². The van der Waals surface area contributed by atoms with Gasteiger partial charge in [-0.15, -0.1) is 0 Å². The van der Waals surface area contributed by atoms with E-state index in [0.29, 0.717) is 11.5 Å². The number of hydrogen-bond acceptors (Lipinski definition) is 5. The van der Waals surface area contributed by atoms with Gasteiger partial charge in [-0.25, -0.2) is 4.98 Å². The van der Waals surface area contributed by atoms with Crippen LogP contribution >= 0.6 is 0 Å². The monoisotopic (exact) mass is 707 g/mol. The van der Waals surface area contributed by atoms with E-state index in [1.54, 1.807) is 0 Å². The molecule has 4 heterocycles. The molecule has 0 fully saturated rings. The minimum Gasteiger partial charge on any atom is -0.456 e. The zero-order valence-corrected chi connectivity index (χ0v) is 29.3. The van der Waals surface area contributed by atoms with E-state index in [4.69, 9.17) is 18.2 Å². The molecule has 0 saturated carbocycles. The summed E-state index contributed by atoms with van der Waals surface area (Å²) < 4.78 is 22.0. The van der Waals surface area contributed by atoms with E-state index in [0.717, 1.165) is 94.1 Å². The molecular weight excluding hydrogens is 679 g/mol. The Balaban J connectivity index is 1.13. The summed E-state index contributed by atoms with van der Waals surface area (Å²) in [6.07, 6.45) is 0. The quantitative estimate of drug-likeness (QED) is 0.178. The fraction of sp³-hybridized carbons (Fsp3) is 0. The summed E-state index contributed by atoms with van der Waals surface area (Å²) in [5.74, 6) is 0.590. The maximum Gasteiger partial charge on any atom is 0.227 e. The lowest BCUT2D eigenvalue weighted by Gasteiger charge is -2.27. The fourth-order valence-corrected chi connectivity index (χ4v) is 8.37. The minimum absolute atomic E-state index is 0.590. The number of furan rings is 2. The second-order valence-electron chi connectivity index (χ2n) is 13.9. The Morgan fingerprint density at radius 3 is 2.00 bits per heavy atom. The highest BCUT2D eigenvalue weighted by atomic mass is 16.4.